The molecule has 0 radical (unpaired) electrons. The Morgan fingerprint density at radius 1 is 1.60 bits per heavy atom. The number of ether oxygens (including phenoxy) is 1. The minimum atomic E-state index is -0.369. The number of thiazole rings is 1. The highest BCUT2D eigenvalue weighted by molar-refractivity contribution is 7.09. The number of nitrogens with zero attached hydrogens (tertiary/aromatic N) is 1. The molecule has 0 aliphatic carbocycles. The summed E-state index contributed by atoms with van der Waals surface area (Å²) in [6.45, 7) is 6.14. The van der Waals surface area contributed by atoms with Gasteiger partial charge in [0.05, 0.1) is 12.1 Å². The quantitative estimate of drug-likeness (QED) is 0.863. The highest BCUT2D eigenvalue weighted by Gasteiger charge is 2.14. The average molecular weight is 228 g/mol. The summed E-state index contributed by atoms with van der Waals surface area (Å²) in [6, 6.07) is 0. The zero-order chi connectivity index (χ0) is 11.3. The van der Waals surface area contributed by atoms with Crippen LogP contribution in [0.15, 0.2) is 11.7 Å². The van der Waals surface area contributed by atoms with E-state index in [1.807, 2.05) is 20.8 Å². The summed E-state index contributed by atoms with van der Waals surface area (Å²) in [5, 5.41) is 2.73. The molecule has 0 saturated heterocycles. The van der Waals surface area contributed by atoms with Gasteiger partial charge in [-0.15, -0.1) is 11.3 Å². The molecule has 0 saturated carbocycles. The number of nitrogens with one attached hydrogen (secondary N) is 1. The van der Waals surface area contributed by atoms with E-state index >= 15 is 0 Å². The molecule has 1 heterocycles. The fraction of sp³-hybridized carbons (Fsp3) is 0.600. The molecule has 4 nitrogen and oxygen atoms in total. The Morgan fingerprint density at radius 2 is 2.33 bits per heavy atom. The Morgan fingerprint density at radius 3 is 2.87 bits per heavy atom. The minimum absolute atomic E-state index is 0.248. The molecule has 0 bridgehead atoms. The van der Waals surface area contributed by atoms with E-state index in [1.54, 1.807) is 23.0 Å². The van der Waals surface area contributed by atoms with E-state index in [2.05, 4.69) is 10.3 Å². The molecule has 84 valence electrons. The average Bonchev–Trinajstić information content (AvgIpc) is 2.53. The lowest BCUT2D eigenvalue weighted by Crippen LogP contribution is -2.41. The highest BCUT2D eigenvalue weighted by atomic mass is 32.1. The number of carbonyl (C=O) groups excluding carboxylic acids is 1. The van der Waals surface area contributed by atoms with Crippen molar-refractivity contribution in [2.75, 3.05) is 6.61 Å². The standard InChI is InChI=1S/C10H16N2O2S/c1-10(2,3)12-9(13)14-5-4-8-6-11-7-15-8/h6-7H,4-5H2,1-3H3,(H,12,13). The Balaban J connectivity index is 2.18. The molecular formula is C10H16N2O2S. The molecule has 0 unspecified atom stereocenters. The van der Waals surface area contributed by atoms with Crippen molar-refractivity contribution in [1.82, 2.24) is 10.3 Å². The van der Waals surface area contributed by atoms with Gasteiger partial charge < -0.3 is 10.1 Å². The second-order valence-corrected chi connectivity index (χ2v) is 5.20. The van der Waals surface area contributed by atoms with Gasteiger partial charge in [0.2, 0.25) is 0 Å². The van der Waals surface area contributed by atoms with Gasteiger partial charge in [-0.2, -0.15) is 0 Å². The maximum absolute atomic E-state index is 11.2. The van der Waals surface area contributed by atoms with Crippen LogP contribution in [-0.2, 0) is 11.2 Å². The normalized spacial score (nSPS) is 11.1. The molecule has 0 aliphatic heterocycles. The molecule has 5 heteroatoms. The van der Waals surface area contributed by atoms with E-state index in [9.17, 15) is 4.79 Å². The molecule has 0 aromatic carbocycles. The summed E-state index contributed by atoms with van der Waals surface area (Å²) in [5.74, 6) is 0. The smallest absolute Gasteiger partial charge is 0.407 e. The summed E-state index contributed by atoms with van der Waals surface area (Å²) in [7, 11) is 0. The summed E-state index contributed by atoms with van der Waals surface area (Å²) < 4.78 is 5.02. The molecule has 0 spiro atoms. The SMILES string of the molecule is CC(C)(C)NC(=O)OCCc1cncs1. The second kappa shape index (κ2) is 5.11. The van der Waals surface area contributed by atoms with E-state index < -0.39 is 0 Å². The number of amides is 1. The van der Waals surface area contributed by atoms with Crippen LogP contribution < -0.4 is 5.32 Å². The molecule has 1 amide bonds. The number of hydrogen-bond acceptors (Lipinski definition) is 4. The van der Waals surface area contributed by atoms with Crippen molar-refractivity contribution >= 4 is 17.4 Å². The van der Waals surface area contributed by atoms with Crippen LogP contribution in [0.5, 0.6) is 0 Å². The largest absolute Gasteiger partial charge is 0.449 e. The van der Waals surface area contributed by atoms with E-state index in [4.69, 9.17) is 4.74 Å². The molecule has 1 aromatic heterocycles. The predicted octanol–water partition coefficient (Wildman–Crippen LogP) is 2.21. The highest BCUT2D eigenvalue weighted by Crippen LogP contribution is 2.06. The zero-order valence-electron chi connectivity index (χ0n) is 9.24. The topological polar surface area (TPSA) is 51.2 Å². The van der Waals surface area contributed by atoms with Crippen LogP contribution in [0.3, 0.4) is 0 Å². The van der Waals surface area contributed by atoms with Gasteiger partial charge in [-0.1, -0.05) is 0 Å². The Bertz CT molecular complexity index is 304. The molecule has 1 aromatic rings. The van der Waals surface area contributed by atoms with Crippen LogP contribution >= 0.6 is 11.3 Å². The van der Waals surface area contributed by atoms with Gasteiger partial charge >= 0.3 is 6.09 Å². The lowest BCUT2D eigenvalue weighted by Gasteiger charge is -2.19. The first-order valence-corrected chi connectivity index (χ1v) is 5.68. The molecule has 15 heavy (non-hydrogen) atoms. The van der Waals surface area contributed by atoms with Crippen molar-refractivity contribution in [3.63, 3.8) is 0 Å². The molecule has 0 fully saturated rings. The Hall–Kier alpha value is -1.10. The molecule has 0 atom stereocenters. The van der Waals surface area contributed by atoms with Gasteiger partial charge in [0.15, 0.2) is 0 Å². The van der Waals surface area contributed by atoms with Crippen LogP contribution in [0.1, 0.15) is 25.6 Å². The summed E-state index contributed by atoms with van der Waals surface area (Å²) in [4.78, 5) is 16.3. The van der Waals surface area contributed by atoms with Crippen LogP contribution in [0, 0.1) is 0 Å². The van der Waals surface area contributed by atoms with Crippen molar-refractivity contribution in [3.8, 4) is 0 Å². The van der Waals surface area contributed by atoms with E-state index in [0.717, 1.165) is 11.3 Å². The lowest BCUT2D eigenvalue weighted by molar-refractivity contribution is 0.139. The summed E-state index contributed by atoms with van der Waals surface area (Å²) in [6.07, 6.45) is 2.14. The first-order chi connectivity index (χ1) is 6.97. The van der Waals surface area contributed by atoms with Crippen molar-refractivity contribution in [2.24, 2.45) is 0 Å². The van der Waals surface area contributed by atoms with Crippen molar-refractivity contribution < 1.29 is 9.53 Å². The van der Waals surface area contributed by atoms with Crippen molar-refractivity contribution in [3.05, 3.63) is 16.6 Å². The van der Waals surface area contributed by atoms with Gasteiger partial charge in [-0.25, -0.2) is 4.79 Å². The van der Waals surface area contributed by atoms with Gasteiger partial charge in [-0.3, -0.25) is 4.98 Å². The van der Waals surface area contributed by atoms with Gasteiger partial charge in [0.1, 0.15) is 0 Å². The summed E-state index contributed by atoms with van der Waals surface area (Å²) >= 11 is 1.56. The minimum Gasteiger partial charge on any atom is -0.449 e. The van der Waals surface area contributed by atoms with Crippen LogP contribution in [0.4, 0.5) is 4.79 Å². The fourth-order valence-corrected chi connectivity index (χ4v) is 1.53. The van der Waals surface area contributed by atoms with E-state index in [1.165, 1.54) is 0 Å². The third-order valence-corrected chi connectivity index (χ3v) is 2.38. The van der Waals surface area contributed by atoms with Crippen molar-refractivity contribution in [1.29, 1.82) is 0 Å². The number of rotatable bonds is 3. The predicted molar refractivity (Wildman–Crippen MR) is 60.1 cm³/mol. The van der Waals surface area contributed by atoms with Crippen LogP contribution in [0.25, 0.3) is 0 Å². The third kappa shape index (κ3) is 5.37. The third-order valence-electron chi connectivity index (χ3n) is 1.54. The number of alkyl carbamates (subject to hydrolysis) is 1. The molecule has 1 rings (SSSR count). The van der Waals surface area contributed by atoms with Crippen LogP contribution in [0.2, 0.25) is 0 Å². The van der Waals surface area contributed by atoms with E-state index in [-0.39, 0.29) is 11.6 Å². The number of aromatic nitrogens is 1. The molecule has 1 N–H and O–H groups in total. The van der Waals surface area contributed by atoms with Gasteiger partial charge in [-0.05, 0) is 20.8 Å². The van der Waals surface area contributed by atoms with Gasteiger partial charge in [0, 0.05) is 23.0 Å². The lowest BCUT2D eigenvalue weighted by atomic mass is 10.1. The number of hydrogen-bond donors (Lipinski definition) is 1. The van der Waals surface area contributed by atoms with Crippen molar-refractivity contribution in [2.45, 2.75) is 32.7 Å². The maximum atomic E-state index is 11.2. The Kier molecular flexibility index (Phi) is 4.08. The molecule has 0 aliphatic rings. The monoisotopic (exact) mass is 228 g/mol. The zero-order valence-corrected chi connectivity index (χ0v) is 10.1. The first-order valence-electron chi connectivity index (χ1n) is 4.80. The fourth-order valence-electron chi connectivity index (χ4n) is 0.952. The van der Waals surface area contributed by atoms with Gasteiger partial charge in [0.25, 0.3) is 0 Å². The Labute approximate surface area is 93.7 Å². The van der Waals surface area contributed by atoms with E-state index in [0.29, 0.717) is 6.61 Å². The maximum Gasteiger partial charge on any atom is 0.407 e. The summed E-state index contributed by atoms with van der Waals surface area (Å²) in [5.41, 5.74) is 1.52. The number of carbonyl (C=O) groups is 1. The van der Waals surface area contributed by atoms with Crippen LogP contribution in [-0.4, -0.2) is 23.2 Å². The first kappa shape index (κ1) is 12.0. The second-order valence-electron chi connectivity index (χ2n) is 4.23. The molecular weight excluding hydrogens is 212 g/mol.